The van der Waals surface area contributed by atoms with Gasteiger partial charge in [0.2, 0.25) is 0 Å². The number of carbonyl (C=O) groups is 1. The molecule has 0 bridgehead atoms. The first-order valence-electron chi connectivity index (χ1n) is 7.06. The summed E-state index contributed by atoms with van der Waals surface area (Å²) in [5.41, 5.74) is 2.38. The van der Waals surface area contributed by atoms with Gasteiger partial charge in [-0.25, -0.2) is 4.68 Å². The van der Waals surface area contributed by atoms with E-state index in [9.17, 15) is 9.90 Å². The minimum atomic E-state index is -0.963. The van der Waals surface area contributed by atoms with Gasteiger partial charge >= 0.3 is 5.97 Å². The maximum absolute atomic E-state index is 11.2. The Balaban J connectivity index is 2.13. The highest BCUT2D eigenvalue weighted by Gasteiger charge is 2.16. The molecule has 0 aliphatic heterocycles. The molecule has 25 heavy (non-hydrogen) atoms. The van der Waals surface area contributed by atoms with Crippen molar-refractivity contribution in [3.05, 3.63) is 68.2 Å². The number of aromatic nitrogens is 2. The Morgan fingerprint density at radius 2 is 1.60 bits per heavy atom. The summed E-state index contributed by atoms with van der Waals surface area (Å²) in [7, 11) is 0. The normalized spacial score (nSPS) is 10.9. The van der Waals surface area contributed by atoms with Crippen LogP contribution in [0.2, 0.25) is 20.1 Å². The topological polar surface area (TPSA) is 55.1 Å². The van der Waals surface area contributed by atoms with Crippen molar-refractivity contribution in [2.24, 2.45) is 0 Å². The highest BCUT2D eigenvalue weighted by molar-refractivity contribution is 6.42. The average molecular weight is 416 g/mol. The molecule has 2 aromatic carbocycles. The van der Waals surface area contributed by atoms with Gasteiger partial charge in [0.05, 0.1) is 37.9 Å². The van der Waals surface area contributed by atoms with Crippen molar-refractivity contribution < 1.29 is 9.90 Å². The molecule has 0 unspecified atom stereocenters. The number of halogens is 4. The minimum Gasteiger partial charge on any atom is -0.481 e. The van der Waals surface area contributed by atoms with Crippen LogP contribution in [0.3, 0.4) is 0 Å². The molecule has 3 aromatic rings. The number of carboxylic acid groups (broad SMARTS) is 1. The Morgan fingerprint density at radius 1 is 0.960 bits per heavy atom. The van der Waals surface area contributed by atoms with Gasteiger partial charge in [-0.15, -0.1) is 0 Å². The molecule has 0 aliphatic rings. The smallest absolute Gasteiger partial charge is 0.307 e. The van der Waals surface area contributed by atoms with E-state index >= 15 is 0 Å². The highest BCUT2D eigenvalue weighted by Crippen LogP contribution is 2.31. The molecular weight excluding hydrogens is 406 g/mol. The van der Waals surface area contributed by atoms with Crippen molar-refractivity contribution in [1.29, 1.82) is 0 Å². The molecule has 1 aromatic heterocycles. The summed E-state index contributed by atoms with van der Waals surface area (Å²) in [6, 6.07) is 10.1. The van der Waals surface area contributed by atoms with Gasteiger partial charge in [-0.1, -0.05) is 52.5 Å². The second kappa shape index (κ2) is 7.26. The predicted octanol–water partition coefficient (Wildman–Crippen LogP) is 5.78. The van der Waals surface area contributed by atoms with E-state index in [0.29, 0.717) is 42.6 Å². The van der Waals surface area contributed by atoms with Crippen LogP contribution in [0.1, 0.15) is 5.56 Å². The van der Waals surface area contributed by atoms with Crippen LogP contribution >= 0.6 is 46.4 Å². The lowest BCUT2D eigenvalue weighted by atomic mass is 10.1. The van der Waals surface area contributed by atoms with Crippen molar-refractivity contribution >= 4 is 52.4 Å². The fourth-order valence-electron chi connectivity index (χ4n) is 2.35. The van der Waals surface area contributed by atoms with Crippen LogP contribution in [0.25, 0.3) is 16.9 Å². The van der Waals surface area contributed by atoms with Crippen LogP contribution in [0.15, 0.2) is 42.6 Å². The van der Waals surface area contributed by atoms with Crippen LogP contribution in [0.4, 0.5) is 0 Å². The van der Waals surface area contributed by atoms with Gasteiger partial charge in [-0.2, -0.15) is 5.10 Å². The highest BCUT2D eigenvalue weighted by atomic mass is 35.5. The van der Waals surface area contributed by atoms with Crippen molar-refractivity contribution in [2.45, 2.75) is 6.42 Å². The Labute approximate surface area is 163 Å². The van der Waals surface area contributed by atoms with E-state index in [1.165, 1.54) is 0 Å². The molecular formula is C17H10Cl4N2O2. The Morgan fingerprint density at radius 3 is 2.20 bits per heavy atom. The van der Waals surface area contributed by atoms with E-state index in [2.05, 4.69) is 5.10 Å². The lowest BCUT2D eigenvalue weighted by molar-refractivity contribution is -0.136. The molecule has 0 atom stereocenters. The second-order valence-corrected chi connectivity index (χ2v) is 6.87. The summed E-state index contributed by atoms with van der Waals surface area (Å²) in [4.78, 5) is 11.2. The fourth-order valence-corrected chi connectivity index (χ4v) is 2.94. The molecule has 4 nitrogen and oxygen atoms in total. The summed E-state index contributed by atoms with van der Waals surface area (Å²) in [6.45, 7) is 0. The Bertz CT molecular complexity index is 969. The zero-order chi connectivity index (χ0) is 18.1. The first kappa shape index (κ1) is 18.1. The SMILES string of the molecule is O=C(O)Cc1cn(-c2ccc(Cl)c(Cl)c2)nc1-c1ccc(Cl)c(Cl)c1. The first-order valence-corrected chi connectivity index (χ1v) is 8.57. The summed E-state index contributed by atoms with van der Waals surface area (Å²) >= 11 is 24.0. The maximum Gasteiger partial charge on any atom is 0.307 e. The van der Waals surface area contributed by atoms with Crippen LogP contribution < -0.4 is 0 Å². The van der Waals surface area contributed by atoms with Crippen molar-refractivity contribution in [1.82, 2.24) is 9.78 Å². The summed E-state index contributed by atoms with van der Waals surface area (Å²) in [5, 5.41) is 15.3. The largest absolute Gasteiger partial charge is 0.481 e. The third-order valence-corrected chi connectivity index (χ3v) is 4.97. The number of aliphatic carboxylic acids is 1. The predicted molar refractivity (Wildman–Crippen MR) is 100 cm³/mol. The molecule has 0 spiro atoms. The monoisotopic (exact) mass is 414 g/mol. The van der Waals surface area contributed by atoms with Gasteiger partial charge in [0.25, 0.3) is 0 Å². The van der Waals surface area contributed by atoms with Crippen molar-refractivity contribution in [3.63, 3.8) is 0 Å². The molecule has 0 aliphatic carbocycles. The van der Waals surface area contributed by atoms with Gasteiger partial charge in [-0.05, 0) is 30.3 Å². The lowest BCUT2D eigenvalue weighted by Gasteiger charge is -2.04. The molecule has 0 saturated heterocycles. The van der Waals surface area contributed by atoms with E-state index < -0.39 is 5.97 Å². The molecule has 3 rings (SSSR count). The van der Waals surface area contributed by atoms with Gasteiger partial charge in [0, 0.05) is 17.3 Å². The number of rotatable bonds is 4. The molecule has 1 heterocycles. The molecule has 0 saturated carbocycles. The lowest BCUT2D eigenvalue weighted by Crippen LogP contribution is -2.00. The van der Waals surface area contributed by atoms with Crippen molar-refractivity contribution in [3.8, 4) is 16.9 Å². The first-order chi connectivity index (χ1) is 11.8. The van der Waals surface area contributed by atoms with Crippen molar-refractivity contribution in [2.75, 3.05) is 0 Å². The number of nitrogens with zero attached hydrogens (tertiary/aromatic N) is 2. The molecule has 1 N–H and O–H groups in total. The molecule has 8 heteroatoms. The molecule has 0 fully saturated rings. The summed E-state index contributed by atoms with van der Waals surface area (Å²) < 4.78 is 1.55. The van der Waals surface area contributed by atoms with Crippen LogP contribution in [-0.2, 0) is 11.2 Å². The van der Waals surface area contributed by atoms with Gasteiger partial charge < -0.3 is 5.11 Å². The van der Waals surface area contributed by atoms with Crippen LogP contribution in [0.5, 0.6) is 0 Å². The van der Waals surface area contributed by atoms with E-state index in [4.69, 9.17) is 46.4 Å². The third kappa shape index (κ3) is 3.93. The number of hydrogen-bond donors (Lipinski definition) is 1. The minimum absolute atomic E-state index is 0.184. The summed E-state index contributed by atoms with van der Waals surface area (Å²) in [6.07, 6.45) is 1.46. The second-order valence-electron chi connectivity index (χ2n) is 5.25. The molecule has 0 radical (unpaired) electrons. The third-order valence-electron chi connectivity index (χ3n) is 3.49. The van der Waals surface area contributed by atoms with E-state index in [0.717, 1.165) is 0 Å². The fraction of sp³-hybridized carbons (Fsp3) is 0.0588. The average Bonchev–Trinajstić information content (AvgIpc) is 2.95. The van der Waals surface area contributed by atoms with E-state index in [1.807, 2.05) is 0 Å². The number of carboxylic acids is 1. The molecule has 0 amide bonds. The number of hydrogen-bond acceptors (Lipinski definition) is 2. The standard InChI is InChI=1S/C17H10Cl4N2O2/c18-12-3-1-9(5-14(12)20)17-10(6-16(24)25)8-23(22-17)11-2-4-13(19)15(21)7-11/h1-5,7-8H,6H2,(H,24,25). The van der Waals surface area contributed by atoms with Gasteiger partial charge in [0.1, 0.15) is 0 Å². The summed E-state index contributed by atoms with van der Waals surface area (Å²) in [5.74, 6) is -0.963. The quantitative estimate of drug-likeness (QED) is 0.587. The molecule has 128 valence electrons. The number of benzene rings is 2. The maximum atomic E-state index is 11.2. The van der Waals surface area contributed by atoms with Gasteiger partial charge in [-0.3, -0.25) is 4.79 Å². The zero-order valence-corrected chi connectivity index (χ0v) is 15.5. The Kier molecular flexibility index (Phi) is 5.25. The van der Waals surface area contributed by atoms with E-state index in [-0.39, 0.29) is 6.42 Å². The zero-order valence-electron chi connectivity index (χ0n) is 12.5. The van der Waals surface area contributed by atoms with Gasteiger partial charge in [0.15, 0.2) is 0 Å². The van der Waals surface area contributed by atoms with Crippen LogP contribution in [-0.4, -0.2) is 20.9 Å². The van der Waals surface area contributed by atoms with E-state index in [1.54, 1.807) is 47.3 Å². The van der Waals surface area contributed by atoms with Crippen LogP contribution in [0, 0.1) is 0 Å². The Hall–Kier alpha value is -1.72.